The Morgan fingerprint density at radius 1 is 1.12 bits per heavy atom. The molecule has 0 spiro atoms. The summed E-state index contributed by atoms with van der Waals surface area (Å²) in [5.41, 5.74) is 2.45. The summed E-state index contributed by atoms with van der Waals surface area (Å²) in [7, 11) is 0. The van der Waals surface area contributed by atoms with Crippen LogP contribution in [0.25, 0.3) is 11.3 Å². The number of nitrogens with one attached hydrogen (secondary N) is 2. The fourth-order valence-electron chi connectivity index (χ4n) is 3.76. The standard InChI is InChI=1S/C24H27ClFN5S/c1-2-32-31-11-9-19(10-12-31)29-24-14-20(21(25)16-28-24)22-7-4-8-23(30-22)27-15-17-5-3-6-18(26)13-17/h3-8,13-14,16,19H,2,9-12,15H2,1H3,(H,27,30)(H,28,29). The quantitative estimate of drug-likeness (QED) is 0.387. The van der Waals surface area contributed by atoms with Crippen LogP contribution in [-0.2, 0) is 6.54 Å². The number of aromatic nitrogens is 2. The van der Waals surface area contributed by atoms with Crippen molar-refractivity contribution < 1.29 is 4.39 Å². The van der Waals surface area contributed by atoms with Gasteiger partial charge in [0.25, 0.3) is 0 Å². The zero-order valence-electron chi connectivity index (χ0n) is 18.0. The lowest BCUT2D eigenvalue weighted by Gasteiger charge is -2.31. The minimum absolute atomic E-state index is 0.246. The van der Waals surface area contributed by atoms with Gasteiger partial charge in [0.15, 0.2) is 0 Å². The molecule has 32 heavy (non-hydrogen) atoms. The van der Waals surface area contributed by atoms with Gasteiger partial charge in [-0.05, 0) is 48.7 Å². The average Bonchev–Trinajstić information content (AvgIpc) is 2.81. The lowest BCUT2D eigenvalue weighted by molar-refractivity contribution is 0.358. The molecule has 0 aliphatic carbocycles. The number of benzene rings is 1. The van der Waals surface area contributed by atoms with Crippen LogP contribution in [0.4, 0.5) is 16.0 Å². The summed E-state index contributed by atoms with van der Waals surface area (Å²) in [6, 6.07) is 14.6. The maximum absolute atomic E-state index is 13.4. The summed E-state index contributed by atoms with van der Waals surface area (Å²) in [6.07, 6.45) is 3.85. The largest absolute Gasteiger partial charge is 0.367 e. The van der Waals surface area contributed by atoms with Crippen molar-refractivity contribution in [3.05, 3.63) is 71.1 Å². The lowest BCUT2D eigenvalue weighted by atomic mass is 10.1. The van der Waals surface area contributed by atoms with E-state index < -0.39 is 0 Å². The van der Waals surface area contributed by atoms with E-state index in [2.05, 4.69) is 26.8 Å². The van der Waals surface area contributed by atoms with Crippen LogP contribution in [0.15, 0.2) is 54.7 Å². The molecule has 1 saturated heterocycles. The topological polar surface area (TPSA) is 53.1 Å². The van der Waals surface area contributed by atoms with Crippen molar-refractivity contribution in [2.24, 2.45) is 0 Å². The van der Waals surface area contributed by atoms with Gasteiger partial charge < -0.3 is 10.6 Å². The molecule has 1 fully saturated rings. The highest BCUT2D eigenvalue weighted by atomic mass is 35.5. The highest BCUT2D eigenvalue weighted by Gasteiger charge is 2.19. The van der Waals surface area contributed by atoms with Gasteiger partial charge in [-0.25, -0.2) is 14.4 Å². The molecule has 2 aromatic heterocycles. The zero-order valence-corrected chi connectivity index (χ0v) is 19.6. The van der Waals surface area contributed by atoms with Crippen molar-refractivity contribution in [1.82, 2.24) is 14.3 Å². The molecule has 3 heterocycles. The van der Waals surface area contributed by atoms with Crippen LogP contribution in [0.3, 0.4) is 0 Å². The molecule has 3 aromatic rings. The predicted molar refractivity (Wildman–Crippen MR) is 133 cm³/mol. The van der Waals surface area contributed by atoms with Crippen LogP contribution in [0.5, 0.6) is 0 Å². The second-order valence-electron chi connectivity index (χ2n) is 7.71. The lowest BCUT2D eigenvalue weighted by Crippen LogP contribution is -2.35. The predicted octanol–water partition coefficient (Wildman–Crippen LogP) is 6.09. The van der Waals surface area contributed by atoms with Crippen LogP contribution in [0.1, 0.15) is 25.3 Å². The Bertz CT molecular complexity index is 1040. The minimum Gasteiger partial charge on any atom is -0.367 e. The number of halogens is 2. The molecular formula is C24H27ClFN5S. The summed E-state index contributed by atoms with van der Waals surface area (Å²) in [5.74, 6) is 2.38. The van der Waals surface area contributed by atoms with Crippen molar-refractivity contribution in [2.75, 3.05) is 29.5 Å². The van der Waals surface area contributed by atoms with Crippen molar-refractivity contribution in [1.29, 1.82) is 0 Å². The van der Waals surface area contributed by atoms with Gasteiger partial charge in [0.05, 0.1) is 10.7 Å². The average molecular weight is 472 g/mol. The van der Waals surface area contributed by atoms with Crippen LogP contribution in [0.2, 0.25) is 5.02 Å². The fourth-order valence-corrected chi connectivity index (χ4v) is 4.79. The fraction of sp³-hybridized carbons (Fsp3) is 0.333. The summed E-state index contributed by atoms with van der Waals surface area (Å²) < 4.78 is 15.8. The molecular weight excluding hydrogens is 445 g/mol. The van der Waals surface area contributed by atoms with Gasteiger partial charge in [0, 0.05) is 43.2 Å². The number of rotatable bonds is 8. The Labute approximate surface area is 197 Å². The molecule has 1 aliphatic heterocycles. The van der Waals surface area contributed by atoms with Gasteiger partial charge in [-0.1, -0.05) is 48.7 Å². The number of nitrogens with zero attached hydrogens (tertiary/aromatic N) is 3. The van der Waals surface area contributed by atoms with Crippen molar-refractivity contribution in [3.8, 4) is 11.3 Å². The van der Waals surface area contributed by atoms with Crippen molar-refractivity contribution in [3.63, 3.8) is 0 Å². The molecule has 8 heteroatoms. The molecule has 0 unspecified atom stereocenters. The molecule has 0 saturated carbocycles. The van der Waals surface area contributed by atoms with E-state index in [1.807, 2.05) is 42.3 Å². The molecule has 0 amide bonds. The maximum Gasteiger partial charge on any atom is 0.126 e. The third kappa shape index (κ3) is 6.12. The van der Waals surface area contributed by atoms with Gasteiger partial charge in [-0.15, -0.1) is 0 Å². The molecule has 2 N–H and O–H groups in total. The first-order chi connectivity index (χ1) is 15.6. The maximum atomic E-state index is 13.4. The second-order valence-corrected chi connectivity index (χ2v) is 9.47. The first kappa shape index (κ1) is 22.8. The van der Waals surface area contributed by atoms with E-state index in [0.717, 1.165) is 54.3 Å². The highest BCUT2D eigenvalue weighted by molar-refractivity contribution is 7.96. The Morgan fingerprint density at radius 2 is 1.94 bits per heavy atom. The molecule has 4 rings (SSSR count). The van der Waals surface area contributed by atoms with Crippen LogP contribution >= 0.6 is 23.5 Å². The van der Waals surface area contributed by atoms with E-state index in [-0.39, 0.29) is 5.82 Å². The van der Waals surface area contributed by atoms with Crippen molar-refractivity contribution in [2.45, 2.75) is 32.4 Å². The van der Waals surface area contributed by atoms with Crippen LogP contribution in [0, 0.1) is 5.82 Å². The van der Waals surface area contributed by atoms with E-state index in [1.54, 1.807) is 12.3 Å². The molecule has 1 aromatic carbocycles. The van der Waals surface area contributed by atoms with Gasteiger partial charge >= 0.3 is 0 Å². The number of anilines is 2. The molecule has 168 valence electrons. The highest BCUT2D eigenvalue weighted by Crippen LogP contribution is 2.30. The van der Waals surface area contributed by atoms with Gasteiger partial charge in [0.2, 0.25) is 0 Å². The smallest absolute Gasteiger partial charge is 0.126 e. The number of hydrogen-bond donors (Lipinski definition) is 2. The Morgan fingerprint density at radius 3 is 2.72 bits per heavy atom. The van der Waals surface area contributed by atoms with Gasteiger partial charge in [0.1, 0.15) is 17.5 Å². The number of piperidine rings is 1. The van der Waals surface area contributed by atoms with Crippen molar-refractivity contribution >= 4 is 35.2 Å². The van der Waals surface area contributed by atoms with E-state index >= 15 is 0 Å². The Hall–Kier alpha value is -2.35. The number of pyridine rings is 2. The molecule has 0 radical (unpaired) electrons. The van der Waals surface area contributed by atoms with Crippen LogP contribution < -0.4 is 10.6 Å². The normalized spacial score (nSPS) is 15.0. The van der Waals surface area contributed by atoms with E-state index in [0.29, 0.717) is 23.4 Å². The van der Waals surface area contributed by atoms with Gasteiger partial charge in [-0.2, -0.15) is 0 Å². The van der Waals surface area contributed by atoms with Crippen LogP contribution in [-0.4, -0.2) is 39.2 Å². The minimum atomic E-state index is -0.246. The molecule has 1 aliphatic rings. The Kier molecular flexibility index (Phi) is 7.84. The van der Waals surface area contributed by atoms with E-state index in [4.69, 9.17) is 16.6 Å². The number of hydrogen-bond acceptors (Lipinski definition) is 6. The summed E-state index contributed by atoms with van der Waals surface area (Å²) in [4.78, 5) is 9.19. The third-order valence-corrected chi connectivity index (χ3v) is 6.65. The SMILES string of the molecule is CCSN1CCC(Nc2cc(-c3cccc(NCc4cccc(F)c4)n3)c(Cl)cn2)CC1. The zero-order chi connectivity index (χ0) is 22.3. The summed E-state index contributed by atoms with van der Waals surface area (Å²) >= 11 is 8.37. The van der Waals surface area contributed by atoms with E-state index in [9.17, 15) is 4.39 Å². The second kappa shape index (κ2) is 11.0. The molecule has 0 atom stereocenters. The summed E-state index contributed by atoms with van der Waals surface area (Å²) in [6.45, 7) is 4.84. The third-order valence-electron chi connectivity index (χ3n) is 5.36. The molecule has 0 bridgehead atoms. The van der Waals surface area contributed by atoms with Gasteiger partial charge in [-0.3, -0.25) is 4.31 Å². The Balaban J connectivity index is 1.43. The molecule has 5 nitrogen and oxygen atoms in total. The first-order valence-electron chi connectivity index (χ1n) is 10.9. The first-order valence-corrected chi connectivity index (χ1v) is 12.2. The van der Waals surface area contributed by atoms with E-state index in [1.165, 1.54) is 12.1 Å². The summed E-state index contributed by atoms with van der Waals surface area (Å²) in [5, 5.41) is 7.37. The monoisotopic (exact) mass is 471 g/mol.